The SMILES string of the molecule is CC[C@@H](C)N1C(=O)/C(=C/c2c(N3CCN(c4ccccc4)CC3)nc3ccc(C)cn3c2=O)SC1=S. The number of fused-ring (bicyclic) bond motifs is 1. The van der Waals surface area contributed by atoms with Crippen molar-refractivity contribution in [3.8, 4) is 0 Å². The molecule has 2 aromatic heterocycles. The van der Waals surface area contributed by atoms with Crippen LogP contribution < -0.4 is 15.4 Å². The normalized spacial score (nSPS) is 18.5. The van der Waals surface area contributed by atoms with Gasteiger partial charge in [-0.3, -0.25) is 18.9 Å². The molecule has 186 valence electrons. The molecular weight excluding hydrogens is 490 g/mol. The number of hydrogen-bond acceptors (Lipinski definition) is 7. The summed E-state index contributed by atoms with van der Waals surface area (Å²) in [7, 11) is 0. The highest BCUT2D eigenvalue weighted by Gasteiger charge is 2.35. The molecule has 0 radical (unpaired) electrons. The predicted molar refractivity (Wildman–Crippen MR) is 152 cm³/mol. The summed E-state index contributed by atoms with van der Waals surface area (Å²) in [6.07, 6.45) is 4.30. The number of thiocarbonyl (C=S) groups is 1. The van der Waals surface area contributed by atoms with Crippen LogP contribution in [0.4, 0.5) is 11.5 Å². The van der Waals surface area contributed by atoms with Gasteiger partial charge >= 0.3 is 0 Å². The van der Waals surface area contributed by atoms with E-state index in [4.69, 9.17) is 17.2 Å². The van der Waals surface area contributed by atoms with Gasteiger partial charge in [-0.15, -0.1) is 0 Å². The van der Waals surface area contributed by atoms with Crippen molar-refractivity contribution < 1.29 is 4.79 Å². The summed E-state index contributed by atoms with van der Waals surface area (Å²) in [5, 5.41) is 0. The number of nitrogens with zero attached hydrogens (tertiary/aromatic N) is 5. The lowest BCUT2D eigenvalue weighted by Crippen LogP contribution is -2.47. The summed E-state index contributed by atoms with van der Waals surface area (Å²) in [5.41, 5.74) is 2.99. The van der Waals surface area contributed by atoms with E-state index in [2.05, 4.69) is 21.9 Å². The summed E-state index contributed by atoms with van der Waals surface area (Å²) in [4.78, 5) is 38.5. The van der Waals surface area contributed by atoms with E-state index < -0.39 is 0 Å². The zero-order chi connectivity index (χ0) is 25.4. The van der Waals surface area contributed by atoms with Crippen molar-refractivity contribution in [3.63, 3.8) is 0 Å². The van der Waals surface area contributed by atoms with E-state index in [-0.39, 0.29) is 17.5 Å². The van der Waals surface area contributed by atoms with Crippen LogP contribution in [0, 0.1) is 6.92 Å². The van der Waals surface area contributed by atoms with Crippen LogP contribution in [0.5, 0.6) is 0 Å². The molecule has 2 saturated heterocycles. The van der Waals surface area contributed by atoms with Gasteiger partial charge in [0.1, 0.15) is 15.8 Å². The number of anilines is 2. The largest absolute Gasteiger partial charge is 0.368 e. The lowest BCUT2D eigenvalue weighted by molar-refractivity contribution is -0.123. The van der Waals surface area contributed by atoms with Crippen molar-refractivity contribution in [2.24, 2.45) is 0 Å². The van der Waals surface area contributed by atoms with Crippen LogP contribution in [0.25, 0.3) is 11.7 Å². The molecule has 0 unspecified atom stereocenters. The maximum atomic E-state index is 13.8. The van der Waals surface area contributed by atoms with Crippen molar-refractivity contribution in [2.45, 2.75) is 33.2 Å². The third-order valence-corrected chi connectivity index (χ3v) is 8.15. The zero-order valence-electron chi connectivity index (χ0n) is 20.7. The maximum absolute atomic E-state index is 13.8. The Hall–Kier alpha value is -3.17. The average molecular weight is 520 g/mol. The monoisotopic (exact) mass is 519 g/mol. The second kappa shape index (κ2) is 10.1. The molecule has 7 nitrogen and oxygen atoms in total. The number of piperazine rings is 1. The number of thioether (sulfide) groups is 1. The van der Waals surface area contributed by atoms with E-state index in [1.165, 1.54) is 17.4 Å². The highest BCUT2D eigenvalue weighted by atomic mass is 32.2. The number of carbonyl (C=O) groups excluding carboxylic acids is 1. The van der Waals surface area contributed by atoms with Gasteiger partial charge in [0.25, 0.3) is 11.5 Å². The van der Waals surface area contributed by atoms with Gasteiger partial charge in [0.05, 0.1) is 10.5 Å². The number of aryl methyl sites for hydroxylation is 1. The van der Waals surface area contributed by atoms with E-state index in [0.29, 0.717) is 26.3 Å². The molecule has 0 spiro atoms. The van der Waals surface area contributed by atoms with Crippen LogP contribution >= 0.6 is 24.0 Å². The van der Waals surface area contributed by atoms with Gasteiger partial charge in [0, 0.05) is 44.1 Å². The van der Waals surface area contributed by atoms with Crippen molar-refractivity contribution in [1.82, 2.24) is 14.3 Å². The van der Waals surface area contributed by atoms with Gasteiger partial charge in [-0.1, -0.05) is 55.2 Å². The number of rotatable bonds is 5. The Morgan fingerprint density at radius 3 is 2.44 bits per heavy atom. The first-order chi connectivity index (χ1) is 17.4. The van der Waals surface area contributed by atoms with Crippen molar-refractivity contribution >= 4 is 57.4 Å². The number of aromatic nitrogens is 2. The van der Waals surface area contributed by atoms with Crippen LogP contribution in [-0.2, 0) is 4.79 Å². The van der Waals surface area contributed by atoms with Crippen molar-refractivity contribution in [2.75, 3.05) is 36.0 Å². The van der Waals surface area contributed by atoms with Gasteiger partial charge in [-0.25, -0.2) is 4.98 Å². The highest BCUT2D eigenvalue weighted by molar-refractivity contribution is 8.26. The molecule has 5 rings (SSSR count). The molecule has 36 heavy (non-hydrogen) atoms. The van der Waals surface area contributed by atoms with E-state index in [9.17, 15) is 9.59 Å². The molecule has 2 fully saturated rings. The molecule has 1 atom stereocenters. The molecule has 2 aliphatic rings. The molecule has 9 heteroatoms. The fraction of sp³-hybridized carbons (Fsp3) is 0.333. The van der Waals surface area contributed by atoms with Gasteiger partial charge in [-0.2, -0.15) is 0 Å². The Bertz CT molecular complexity index is 1410. The molecule has 2 aliphatic heterocycles. The summed E-state index contributed by atoms with van der Waals surface area (Å²) >= 11 is 6.77. The van der Waals surface area contributed by atoms with Gasteiger partial charge in [0.2, 0.25) is 0 Å². The third kappa shape index (κ3) is 4.53. The quantitative estimate of drug-likeness (QED) is 0.367. The van der Waals surface area contributed by atoms with E-state index in [0.717, 1.165) is 38.2 Å². The number of amides is 1. The number of benzene rings is 1. The first-order valence-corrected chi connectivity index (χ1v) is 13.4. The molecule has 0 aliphatic carbocycles. The second-order valence-electron chi connectivity index (χ2n) is 9.21. The molecule has 4 heterocycles. The summed E-state index contributed by atoms with van der Waals surface area (Å²) in [6, 6.07) is 14.2. The zero-order valence-corrected chi connectivity index (χ0v) is 22.3. The van der Waals surface area contributed by atoms with Crippen LogP contribution in [0.3, 0.4) is 0 Å². The number of para-hydroxylation sites is 1. The Balaban J connectivity index is 1.55. The van der Waals surface area contributed by atoms with E-state index in [1.54, 1.807) is 21.6 Å². The maximum Gasteiger partial charge on any atom is 0.267 e. The van der Waals surface area contributed by atoms with Crippen LogP contribution in [0.2, 0.25) is 0 Å². The summed E-state index contributed by atoms with van der Waals surface area (Å²) in [5.74, 6) is 0.471. The van der Waals surface area contributed by atoms with Crippen LogP contribution in [0.1, 0.15) is 31.4 Å². The van der Waals surface area contributed by atoms with E-state index in [1.807, 2.05) is 51.1 Å². The number of carbonyl (C=O) groups is 1. The minimum Gasteiger partial charge on any atom is -0.368 e. The summed E-state index contributed by atoms with van der Waals surface area (Å²) in [6.45, 7) is 9.03. The lowest BCUT2D eigenvalue weighted by atomic mass is 10.2. The standard InChI is InChI=1S/C27H29N5O2S2/c1-4-19(3)32-26(34)22(36-27(32)35)16-21-24(28-23-11-10-18(2)17-31(23)25(21)33)30-14-12-29(13-15-30)20-8-6-5-7-9-20/h5-11,16-17,19H,4,12-15H2,1-3H3/b22-16-/t19-/m1/s1. The molecule has 0 bridgehead atoms. The Morgan fingerprint density at radius 2 is 1.75 bits per heavy atom. The highest BCUT2D eigenvalue weighted by Crippen LogP contribution is 2.35. The Kier molecular flexibility index (Phi) is 6.85. The van der Waals surface area contributed by atoms with Crippen LogP contribution in [0.15, 0.2) is 58.4 Å². The molecule has 1 amide bonds. The summed E-state index contributed by atoms with van der Waals surface area (Å²) < 4.78 is 2.10. The fourth-order valence-corrected chi connectivity index (χ4v) is 6.05. The number of hydrogen-bond donors (Lipinski definition) is 0. The van der Waals surface area contributed by atoms with Crippen molar-refractivity contribution in [3.05, 3.63) is 75.0 Å². The first-order valence-electron chi connectivity index (χ1n) is 12.2. The predicted octanol–water partition coefficient (Wildman–Crippen LogP) is 4.33. The minimum atomic E-state index is -0.182. The first kappa shape index (κ1) is 24.5. The topological polar surface area (TPSA) is 61.2 Å². The fourth-order valence-electron chi connectivity index (χ4n) is 4.60. The van der Waals surface area contributed by atoms with Gasteiger partial charge in [0.15, 0.2) is 0 Å². The van der Waals surface area contributed by atoms with Crippen LogP contribution in [-0.4, -0.2) is 56.7 Å². The van der Waals surface area contributed by atoms with Gasteiger partial charge in [-0.05, 0) is 50.1 Å². The molecule has 0 N–H and O–H groups in total. The molecule has 0 saturated carbocycles. The number of pyridine rings is 1. The van der Waals surface area contributed by atoms with Crippen molar-refractivity contribution in [1.29, 1.82) is 0 Å². The Labute approximate surface area is 220 Å². The minimum absolute atomic E-state index is 0.00686. The smallest absolute Gasteiger partial charge is 0.267 e. The average Bonchev–Trinajstić information content (AvgIpc) is 3.18. The van der Waals surface area contributed by atoms with Gasteiger partial charge < -0.3 is 9.80 Å². The lowest BCUT2D eigenvalue weighted by Gasteiger charge is -2.37. The molecular formula is C27H29N5O2S2. The molecule has 3 aromatic rings. The second-order valence-corrected chi connectivity index (χ2v) is 10.9. The Morgan fingerprint density at radius 1 is 1.06 bits per heavy atom. The molecule has 1 aromatic carbocycles. The third-order valence-electron chi connectivity index (χ3n) is 6.82. The van der Waals surface area contributed by atoms with E-state index >= 15 is 0 Å².